The number of thiazole rings is 1. The zero-order valence-electron chi connectivity index (χ0n) is 16.7. The van der Waals surface area contributed by atoms with Crippen LogP contribution in [0.1, 0.15) is 5.69 Å². The highest BCUT2D eigenvalue weighted by molar-refractivity contribution is 7.15. The number of hydrogen-bond acceptors (Lipinski definition) is 4. The molecular weight excluding hydrogens is 435 g/mol. The minimum Gasteiger partial charge on any atom is -0.368 e. The number of anilines is 1. The Kier molecular flexibility index (Phi) is 5.38. The third-order valence-electron chi connectivity index (χ3n) is 5.56. The van der Waals surface area contributed by atoms with Gasteiger partial charge in [-0.05, 0) is 42.5 Å². The largest absolute Gasteiger partial charge is 0.368 e. The van der Waals surface area contributed by atoms with E-state index in [-0.39, 0.29) is 11.7 Å². The molecule has 0 radical (unpaired) electrons. The van der Waals surface area contributed by atoms with Gasteiger partial charge in [-0.3, -0.25) is 9.20 Å². The topological polar surface area (TPSA) is 40.9 Å². The van der Waals surface area contributed by atoms with Crippen LogP contribution in [-0.4, -0.2) is 46.4 Å². The average Bonchev–Trinajstić information content (AvgIpc) is 3.36. The second-order valence-corrected chi connectivity index (χ2v) is 8.81. The number of imidazole rings is 1. The molecule has 1 fully saturated rings. The summed E-state index contributed by atoms with van der Waals surface area (Å²) in [6, 6.07) is 14.1. The summed E-state index contributed by atoms with van der Waals surface area (Å²) in [5.41, 5.74) is 3.64. The Morgan fingerprint density at radius 2 is 1.87 bits per heavy atom. The maximum absolute atomic E-state index is 13.2. The first-order valence-electron chi connectivity index (χ1n) is 10.1. The summed E-state index contributed by atoms with van der Waals surface area (Å²) in [6.45, 7) is 2.93. The van der Waals surface area contributed by atoms with Crippen molar-refractivity contribution in [3.8, 4) is 11.3 Å². The van der Waals surface area contributed by atoms with Crippen LogP contribution in [0.4, 0.5) is 10.1 Å². The van der Waals surface area contributed by atoms with Gasteiger partial charge in [-0.15, -0.1) is 11.3 Å². The van der Waals surface area contributed by atoms with Crippen molar-refractivity contribution < 1.29 is 9.18 Å². The van der Waals surface area contributed by atoms with Crippen molar-refractivity contribution in [3.63, 3.8) is 0 Å². The first kappa shape index (κ1) is 20.0. The van der Waals surface area contributed by atoms with Gasteiger partial charge in [0.25, 0.3) is 0 Å². The standard InChI is InChI=1S/C23H20ClFN4OS/c24-17-2-1-3-19(12-17)27-8-10-28(11-9-27)22(30)13-20-15-31-23-26-21(14-29(20)23)16-4-6-18(25)7-5-16/h1-7,12,14-15H,8-11,13H2. The number of amides is 1. The molecule has 4 aromatic rings. The molecule has 0 saturated carbocycles. The van der Waals surface area contributed by atoms with Gasteiger partial charge in [0.2, 0.25) is 5.91 Å². The van der Waals surface area contributed by atoms with Crippen LogP contribution < -0.4 is 4.90 Å². The van der Waals surface area contributed by atoms with Gasteiger partial charge in [0.05, 0.1) is 12.1 Å². The van der Waals surface area contributed by atoms with Crippen molar-refractivity contribution >= 4 is 39.5 Å². The van der Waals surface area contributed by atoms with E-state index in [0.717, 1.165) is 45.7 Å². The zero-order valence-corrected chi connectivity index (χ0v) is 18.2. The fourth-order valence-electron chi connectivity index (χ4n) is 3.87. The van der Waals surface area contributed by atoms with E-state index >= 15 is 0 Å². The van der Waals surface area contributed by atoms with Crippen LogP contribution in [0.2, 0.25) is 5.02 Å². The van der Waals surface area contributed by atoms with Gasteiger partial charge in [0, 0.05) is 59.7 Å². The summed E-state index contributed by atoms with van der Waals surface area (Å²) in [4.78, 5) is 22.6. The van der Waals surface area contributed by atoms with Gasteiger partial charge in [-0.25, -0.2) is 9.37 Å². The van der Waals surface area contributed by atoms with E-state index in [4.69, 9.17) is 11.6 Å². The number of carbonyl (C=O) groups is 1. The molecule has 3 heterocycles. The van der Waals surface area contributed by atoms with Crippen LogP contribution in [-0.2, 0) is 11.2 Å². The van der Waals surface area contributed by atoms with E-state index in [0.29, 0.717) is 19.5 Å². The lowest BCUT2D eigenvalue weighted by atomic mass is 10.2. The maximum Gasteiger partial charge on any atom is 0.228 e. The number of benzene rings is 2. The Morgan fingerprint density at radius 3 is 2.61 bits per heavy atom. The van der Waals surface area contributed by atoms with Gasteiger partial charge < -0.3 is 9.80 Å². The first-order chi connectivity index (χ1) is 15.1. The number of halogens is 2. The molecule has 0 bridgehead atoms. The Labute approximate surface area is 188 Å². The summed E-state index contributed by atoms with van der Waals surface area (Å²) >= 11 is 7.61. The first-order valence-corrected chi connectivity index (χ1v) is 11.3. The number of aromatic nitrogens is 2. The van der Waals surface area contributed by atoms with E-state index in [1.807, 2.05) is 45.1 Å². The minimum atomic E-state index is -0.272. The molecule has 2 aromatic carbocycles. The molecule has 5 nitrogen and oxygen atoms in total. The molecule has 31 heavy (non-hydrogen) atoms. The fourth-order valence-corrected chi connectivity index (χ4v) is 4.93. The van der Waals surface area contributed by atoms with Crippen molar-refractivity contribution in [2.24, 2.45) is 0 Å². The molecule has 1 aliphatic heterocycles. The molecule has 2 aromatic heterocycles. The number of nitrogens with zero attached hydrogens (tertiary/aromatic N) is 4. The maximum atomic E-state index is 13.2. The molecule has 1 amide bonds. The van der Waals surface area contributed by atoms with E-state index in [2.05, 4.69) is 9.88 Å². The third-order valence-corrected chi connectivity index (χ3v) is 6.69. The Morgan fingerprint density at radius 1 is 1.10 bits per heavy atom. The van der Waals surface area contributed by atoms with Crippen LogP contribution >= 0.6 is 22.9 Å². The van der Waals surface area contributed by atoms with Crippen LogP contribution in [0.3, 0.4) is 0 Å². The van der Waals surface area contributed by atoms with Gasteiger partial charge in [-0.2, -0.15) is 0 Å². The third kappa shape index (κ3) is 4.16. The van der Waals surface area contributed by atoms with E-state index in [9.17, 15) is 9.18 Å². The van der Waals surface area contributed by atoms with Gasteiger partial charge in [0.1, 0.15) is 5.82 Å². The fraction of sp³-hybridized carbons (Fsp3) is 0.217. The summed E-state index contributed by atoms with van der Waals surface area (Å²) in [7, 11) is 0. The highest BCUT2D eigenvalue weighted by atomic mass is 35.5. The van der Waals surface area contributed by atoms with Crippen molar-refractivity contribution in [2.75, 3.05) is 31.1 Å². The van der Waals surface area contributed by atoms with E-state index < -0.39 is 0 Å². The molecule has 5 rings (SSSR count). The monoisotopic (exact) mass is 454 g/mol. The molecule has 0 atom stereocenters. The number of hydrogen-bond donors (Lipinski definition) is 0. The molecule has 8 heteroatoms. The molecular formula is C23H20ClFN4OS. The van der Waals surface area contributed by atoms with E-state index in [1.54, 1.807) is 12.1 Å². The van der Waals surface area contributed by atoms with Gasteiger partial charge in [0.15, 0.2) is 4.96 Å². The van der Waals surface area contributed by atoms with Crippen LogP contribution in [0.25, 0.3) is 16.2 Å². The summed E-state index contributed by atoms with van der Waals surface area (Å²) in [6.07, 6.45) is 2.25. The van der Waals surface area contributed by atoms with E-state index in [1.165, 1.54) is 23.5 Å². The number of carbonyl (C=O) groups excluding carboxylic acids is 1. The predicted molar refractivity (Wildman–Crippen MR) is 122 cm³/mol. The highest BCUT2D eigenvalue weighted by Gasteiger charge is 2.23. The lowest BCUT2D eigenvalue weighted by Gasteiger charge is -2.36. The summed E-state index contributed by atoms with van der Waals surface area (Å²) in [5.74, 6) is -0.158. The SMILES string of the molecule is O=C(Cc1csc2nc(-c3ccc(F)cc3)cn12)N1CCN(c2cccc(Cl)c2)CC1. The van der Waals surface area contributed by atoms with Crippen molar-refractivity contribution in [1.29, 1.82) is 0 Å². The molecule has 158 valence electrons. The van der Waals surface area contributed by atoms with Crippen molar-refractivity contribution in [3.05, 3.63) is 76.6 Å². The van der Waals surface area contributed by atoms with Gasteiger partial charge >= 0.3 is 0 Å². The lowest BCUT2D eigenvalue weighted by molar-refractivity contribution is -0.130. The second kappa shape index (κ2) is 8.32. The van der Waals surface area contributed by atoms with Crippen LogP contribution in [0.15, 0.2) is 60.1 Å². The van der Waals surface area contributed by atoms with Crippen molar-refractivity contribution in [2.45, 2.75) is 6.42 Å². The Balaban J connectivity index is 1.26. The average molecular weight is 455 g/mol. The molecule has 1 saturated heterocycles. The zero-order chi connectivity index (χ0) is 21.4. The predicted octanol–water partition coefficient (Wildman–Crippen LogP) is 4.75. The minimum absolute atomic E-state index is 0.113. The molecule has 0 N–H and O–H groups in total. The highest BCUT2D eigenvalue weighted by Crippen LogP contribution is 2.25. The summed E-state index contributed by atoms with van der Waals surface area (Å²) in [5, 5.41) is 2.70. The number of rotatable bonds is 4. The normalized spacial score (nSPS) is 14.4. The number of piperazine rings is 1. The Hall–Kier alpha value is -2.90. The lowest BCUT2D eigenvalue weighted by Crippen LogP contribution is -2.49. The summed E-state index contributed by atoms with van der Waals surface area (Å²) < 4.78 is 15.2. The number of fused-ring (bicyclic) bond motifs is 1. The van der Waals surface area contributed by atoms with Crippen LogP contribution in [0, 0.1) is 5.82 Å². The molecule has 1 aliphatic rings. The van der Waals surface area contributed by atoms with Crippen molar-refractivity contribution in [1.82, 2.24) is 14.3 Å². The Bertz CT molecular complexity index is 1230. The van der Waals surface area contributed by atoms with Crippen LogP contribution in [0.5, 0.6) is 0 Å². The quantitative estimate of drug-likeness (QED) is 0.447. The van der Waals surface area contributed by atoms with Gasteiger partial charge in [-0.1, -0.05) is 17.7 Å². The smallest absolute Gasteiger partial charge is 0.228 e. The molecule has 0 unspecified atom stereocenters. The molecule has 0 aliphatic carbocycles. The second-order valence-electron chi connectivity index (χ2n) is 7.54. The molecule has 0 spiro atoms.